The highest BCUT2D eigenvalue weighted by Gasteiger charge is 2.22. The largest absolute Gasteiger partial charge is 0.352 e. The number of rotatable bonds is 4. The fourth-order valence-electron chi connectivity index (χ4n) is 3.12. The molecule has 0 aliphatic carbocycles. The third-order valence-electron chi connectivity index (χ3n) is 4.52. The van der Waals surface area contributed by atoms with Crippen molar-refractivity contribution in [1.82, 2.24) is 14.5 Å². The van der Waals surface area contributed by atoms with Gasteiger partial charge >= 0.3 is 5.69 Å². The summed E-state index contributed by atoms with van der Waals surface area (Å²) in [6, 6.07) is 9.90. The molecule has 1 aromatic carbocycles. The molecule has 0 spiro atoms. The normalized spacial score (nSPS) is 16.9. The Morgan fingerprint density at radius 2 is 2.04 bits per heavy atom. The molecule has 0 fully saturated rings. The summed E-state index contributed by atoms with van der Waals surface area (Å²) in [5, 5.41) is 0. The molecule has 4 rings (SSSR count). The van der Waals surface area contributed by atoms with Gasteiger partial charge in [0.25, 0.3) is 0 Å². The molecule has 0 bridgehead atoms. The fraction of sp³-hybridized carbons (Fsp3) is 0.211. The van der Waals surface area contributed by atoms with Crippen molar-refractivity contribution < 1.29 is 4.39 Å². The molecule has 2 N–H and O–H groups in total. The molecule has 1 atom stereocenters. The monoisotopic (exact) mass is 461 g/mol. The van der Waals surface area contributed by atoms with E-state index < -0.39 is 0 Å². The van der Waals surface area contributed by atoms with Crippen molar-refractivity contribution in [3.63, 3.8) is 0 Å². The zero-order chi connectivity index (χ0) is 19.7. The first-order valence-electron chi connectivity index (χ1n) is 8.64. The molecule has 3 aromatic rings. The van der Waals surface area contributed by atoms with Crippen LogP contribution in [0.1, 0.15) is 10.4 Å². The summed E-state index contributed by atoms with van der Waals surface area (Å²) in [6.07, 6.45) is 3.49. The second-order valence-electron chi connectivity index (χ2n) is 6.45. The molecule has 144 valence electrons. The lowest BCUT2D eigenvalue weighted by Crippen LogP contribution is -2.44. The van der Waals surface area contributed by atoms with Crippen molar-refractivity contribution in [2.75, 3.05) is 18.0 Å². The van der Waals surface area contributed by atoms with E-state index in [0.717, 1.165) is 19.8 Å². The number of nitrogens with two attached hydrogens (primary N) is 1. The van der Waals surface area contributed by atoms with E-state index in [2.05, 4.69) is 25.9 Å². The topological polar surface area (TPSA) is 77.0 Å². The maximum atomic E-state index is 13.1. The first-order chi connectivity index (χ1) is 13.5. The summed E-state index contributed by atoms with van der Waals surface area (Å²) >= 11 is 4.98. The van der Waals surface area contributed by atoms with Gasteiger partial charge in [0, 0.05) is 24.0 Å². The lowest BCUT2D eigenvalue weighted by molar-refractivity contribution is 0.627. The zero-order valence-electron chi connectivity index (χ0n) is 14.8. The van der Waals surface area contributed by atoms with E-state index in [4.69, 9.17) is 5.73 Å². The summed E-state index contributed by atoms with van der Waals surface area (Å²) in [7, 11) is 0. The van der Waals surface area contributed by atoms with Gasteiger partial charge in [-0.15, -0.1) is 11.3 Å². The highest BCUT2D eigenvalue weighted by molar-refractivity contribution is 9.11. The number of benzene rings is 1. The Hall–Kier alpha value is -2.36. The highest BCUT2D eigenvalue weighted by atomic mass is 79.9. The van der Waals surface area contributed by atoms with Crippen LogP contribution in [0, 0.1) is 5.82 Å². The van der Waals surface area contributed by atoms with Gasteiger partial charge in [0.2, 0.25) is 5.95 Å². The zero-order valence-corrected chi connectivity index (χ0v) is 17.2. The minimum absolute atomic E-state index is 0.278. The Kier molecular flexibility index (Phi) is 5.38. The Morgan fingerprint density at radius 3 is 2.68 bits per heavy atom. The molecule has 3 heterocycles. The number of hydrogen-bond acceptors (Lipinski definition) is 6. The van der Waals surface area contributed by atoms with Crippen LogP contribution in [0.5, 0.6) is 0 Å². The quantitative estimate of drug-likeness (QED) is 0.646. The maximum Gasteiger partial charge on any atom is 0.352 e. The molecular formula is C19H17BrFN5OS. The van der Waals surface area contributed by atoms with E-state index in [1.165, 1.54) is 23.0 Å². The fourth-order valence-corrected chi connectivity index (χ4v) is 4.60. The van der Waals surface area contributed by atoms with E-state index in [1.54, 1.807) is 23.5 Å². The molecule has 1 aliphatic rings. The maximum absolute atomic E-state index is 13.1. The summed E-state index contributed by atoms with van der Waals surface area (Å²) in [6.45, 7) is 1.44. The lowest BCUT2D eigenvalue weighted by atomic mass is 9.95. The van der Waals surface area contributed by atoms with E-state index in [-0.39, 0.29) is 17.5 Å². The Bertz CT molecular complexity index is 1080. The second-order valence-corrected chi connectivity index (χ2v) is 9.00. The van der Waals surface area contributed by atoms with Crippen LogP contribution in [-0.2, 0) is 6.54 Å². The molecule has 2 aromatic heterocycles. The Labute approximate surface area is 173 Å². The highest BCUT2D eigenvalue weighted by Crippen LogP contribution is 2.24. The third-order valence-corrected chi connectivity index (χ3v) is 6.13. The van der Waals surface area contributed by atoms with Gasteiger partial charge in [-0.05, 0) is 51.3 Å². The van der Waals surface area contributed by atoms with E-state index in [0.29, 0.717) is 25.6 Å². The summed E-state index contributed by atoms with van der Waals surface area (Å²) < 4.78 is 15.6. The molecule has 6 nitrogen and oxygen atoms in total. The number of hydrogen-bond donors (Lipinski definition) is 1. The molecule has 0 saturated heterocycles. The van der Waals surface area contributed by atoms with E-state index in [9.17, 15) is 9.18 Å². The van der Waals surface area contributed by atoms with Gasteiger partial charge in [0.1, 0.15) is 12.1 Å². The predicted octanol–water partition coefficient (Wildman–Crippen LogP) is 2.88. The predicted molar refractivity (Wildman–Crippen MR) is 112 cm³/mol. The first-order valence-corrected chi connectivity index (χ1v) is 10.2. The molecule has 0 radical (unpaired) electrons. The number of aromatic nitrogens is 3. The van der Waals surface area contributed by atoms with Gasteiger partial charge < -0.3 is 10.6 Å². The van der Waals surface area contributed by atoms with Crippen LogP contribution >= 0.6 is 27.3 Å². The summed E-state index contributed by atoms with van der Waals surface area (Å²) in [5.41, 5.74) is 7.80. The average Bonchev–Trinajstić information content (AvgIpc) is 3.09. The van der Waals surface area contributed by atoms with E-state index >= 15 is 0 Å². The minimum atomic E-state index is -0.351. The van der Waals surface area contributed by atoms with Crippen molar-refractivity contribution in [2.24, 2.45) is 5.73 Å². The molecule has 0 amide bonds. The summed E-state index contributed by atoms with van der Waals surface area (Å²) in [5.74, 6) is 0.0812. The van der Waals surface area contributed by atoms with Crippen molar-refractivity contribution >= 4 is 38.8 Å². The van der Waals surface area contributed by atoms with Crippen LogP contribution in [0.25, 0.3) is 5.57 Å². The van der Waals surface area contributed by atoms with Crippen LogP contribution in [0.4, 0.5) is 10.3 Å². The van der Waals surface area contributed by atoms with Crippen LogP contribution in [-0.4, -0.2) is 33.7 Å². The number of thiophene rings is 1. The molecule has 0 unspecified atom stereocenters. The molecular weight excluding hydrogens is 445 g/mol. The van der Waals surface area contributed by atoms with Gasteiger partial charge in [0.15, 0.2) is 0 Å². The number of halogens is 2. The van der Waals surface area contributed by atoms with Crippen molar-refractivity contribution in [3.8, 4) is 0 Å². The smallest absolute Gasteiger partial charge is 0.335 e. The van der Waals surface area contributed by atoms with Crippen LogP contribution in [0.15, 0.2) is 57.4 Å². The van der Waals surface area contributed by atoms with Crippen LogP contribution in [0.2, 0.25) is 0 Å². The van der Waals surface area contributed by atoms with Crippen molar-refractivity contribution in [1.29, 1.82) is 0 Å². The van der Waals surface area contributed by atoms with Crippen LogP contribution < -0.4 is 16.3 Å². The molecule has 0 saturated carbocycles. The van der Waals surface area contributed by atoms with Gasteiger partial charge in [-0.1, -0.05) is 18.2 Å². The van der Waals surface area contributed by atoms with Crippen molar-refractivity contribution in [2.45, 2.75) is 12.6 Å². The number of anilines is 1. The molecule has 1 aliphatic heterocycles. The Balaban J connectivity index is 1.51. The first kappa shape index (κ1) is 19.0. The molecule has 9 heteroatoms. The van der Waals surface area contributed by atoms with Gasteiger partial charge in [-0.25, -0.2) is 14.2 Å². The standard InChI is InChI=1S/C19H17BrFN5OS/c20-17-6-5-14(28-17)9-26-11-23-18(24-19(26)27)25-8-7-15(16(22)10-25)12-1-3-13(21)4-2-12/h1-7,11,16H,8-10,22H2/t16-/m0/s1. The number of nitrogens with zero attached hydrogens (tertiary/aromatic N) is 4. The lowest BCUT2D eigenvalue weighted by Gasteiger charge is -2.31. The molecule has 28 heavy (non-hydrogen) atoms. The van der Waals surface area contributed by atoms with Crippen LogP contribution in [0.3, 0.4) is 0 Å². The van der Waals surface area contributed by atoms with Gasteiger partial charge in [-0.2, -0.15) is 4.98 Å². The van der Waals surface area contributed by atoms with E-state index in [1.807, 2.05) is 23.1 Å². The minimum Gasteiger partial charge on any atom is -0.335 e. The third kappa shape index (κ3) is 4.06. The van der Waals surface area contributed by atoms with Gasteiger partial charge in [-0.3, -0.25) is 4.57 Å². The SMILES string of the molecule is N[C@H]1CN(c2ncn(Cc3ccc(Br)s3)c(=O)n2)CC=C1c1ccc(F)cc1. The second kappa shape index (κ2) is 7.94. The van der Waals surface area contributed by atoms with Gasteiger partial charge in [0.05, 0.1) is 10.3 Å². The van der Waals surface area contributed by atoms with Crippen molar-refractivity contribution in [3.05, 3.63) is 79.3 Å². The Morgan fingerprint density at radius 1 is 1.25 bits per heavy atom. The summed E-state index contributed by atoms with van der Waals surface area (Å²) in [4.78, 5) is 23.8. The average molecular weight is 462 g/mol.